The maximum atomic E-state index is 11.0. The average Bonchev–Trinajstić information content (AvgIpc) is 3.42. The quantitative estimate of drug-likeness (QED) is 0.283. The van der Waals surface area contributed by atoms with Crippen LogP contribution in [0.5, 0.6) is 0 Å². The summed E-state index contributed by atoms with van der Waals surface area (Å²) in [5, 5.41) is 30.0. The van der Waals surface area contributed by atoms with Crippen LogP contribution in [0, 0.1) is 21.4 Å². The van der Waals surface area contributed by atoms with E-state index in [0.717, 1.165) is 16.8 Å². The molecule has 0 radical (unpaired) electrons. The predicted octanol–water partition coefficient (Wildman–Crippen LogP) is 5.17. The summed E-state index contributed by atoms with van der Waals surface area (Å²) in [4.78, 5) is 15.1. The fourth-order valence-corrected chi connectivity index (χ4v) is 3.64. The third-order valence-corrected chi connectivity index (χ3v) is 5.11. The van der Waals surface area contributed by atoms with Crippen LogP contribution in [0.2, 0.25) is 0 Å². The van der Waals surface area contributed by atoms with Gasteiger partial charge in [0.15, 0.2) is 0 Å². The van der Waals surface area contributed by atoms with Gasteiger partial charge in [-0.05, 0) is 6.08 Å². The number of hydrogen-bond donors (Lipinski definition) is 1. The van der Waals surface area contributed by atoms with Gasteiger partial charge in [-0.3, -0.25) is 15.2 Å². The molecule has 0 aliphatic carbocycles. The van der Waals surface area contributed by atoms with Crippen molar-refractivity contribution >= 4 is 28.7 Å². The van der Waals surface area contributed by atoms with Crippen LogP contribution in [0.25, 0.3) is 34.2 Å². The molecule has 2 aromatic heterocycles. The monoisotopic (exact) mass is 399 g/mol. The maximum Gasteiger partial charge on any atom is 0.270 e. The molecule has 0 saturated heterocycles. The number of benzene rings is 2. The number of aromatic nitrogens is 3. The van der Waals surface area contributed by atoms with Crippen molar-refractivity contribution in [1.82, 2.24) is 15.2 Å². The van der Waals surface area contributed by atoms with Crippen LogP contribution in [0.15, 0.2) is 66.2 Å². The van der Waals surface area contributed by atoms with Gasteiger partial charge in [0.1, 0.15) is 11.1 Å². The topological polar surface area (TPSA) is 108 Å². The number of allylic oxidation sites excluding steroid dienone is 1. The highest BCUT2D eigenvalue weighted by Crippen LogP contribution is 2.30. The number of H-pyrrole nitrogens is 1. The molecule has 0 fully saturated rings. The molecule has 8 heteroatoms. The first-order chi connectivity index (χ1) is 14.2. The van der Waals surface area contributed by atoms with Gasteiger partial charge in [0, 0.05) is 34.2 Å². The Labute approximate surface area is 169 Å². The molecule has 4 rings (SSSR count). The molecule has 0 spiro atoms. The molecule has 0 bridgehead atoms. The summed E-state index contributed by atoms with van der Waals surface area (Å²) in [6.45, 7) is 0. The van der Waals surface area contributed by atoms with Crippen molar-refractivity contribution in [1.29, 1.82) is 5.26 Å². The van der Waals surface area contributed by atoms with E-state index in [1.165, 1.54) is 23.5 Å². The van der Waals surface area contributed by atoms with Crippen molar-refractivity contribution in [2.24, 2.45) is 0 Å². The summed E-state index contributed by atoms with van der Waals surface area (Å²) < 4.78 is 0. The number of thiazole rings is 1. The van der Waals surface area contributed by atoms with Gasteiger partial charge in [-0.15, -0.1) is 11.3 Å². The highest BCUT2D eigenvalue weighted by molar-refractivity contribution is 7.11. The van der Waals surface area contributed by atoms with Gasteiger partial charge < -0.3 is 0 Å². The first-order valence-corrected chi connectivity index (χ1v) is 9.45. The molecule has 1 N–H and O–H groups in total. The van der Waals surface area contributed by atoms with E-state index in [2.05, 4.69) is 21.3 Å². The number of nitro groups is 1. The number of nitriles is 1. The molecule has 0 saturated carbocycles. The zero-order chi connectivity index (χ0) is 20.2. The van der Waals surface area contributed by atoms with E-state index in [1.807, 2.05) is 30.3 Å². The average molecular weight is 399 g/mol. The van der Waals surface area contributed by atoms with E-state index < -0.39 is 4.92 Å². The third-order valence-electron chi connectivity index (χ3n) is 4.24. The molecule has 2 aromatic carbocycles. The molecular formula is C21H13N5O2S. The van der Waals surface area contributed by atoms with E-state index in [9.17, 15) is 15.4 Å². The van der Waals surface area contributed by atoms with E-state index in [1.54, 1.807) is 29.8 Å². The van der Waals surface area contributed by atoms with Crippen LogP contribution in [0.3, 0.4) is 0 Å². The van der Waals surface area contributed by atoms with Crippen molar-refractivity contribution in [3.05, 3.63) is 86.9 Å². The smallest absolute Gasteiger partial charge is 0.270 e. The van der Waals surface area contributed by atoms with Gasteiger partial charge in [-0.25, -0.2) is 4.98 Å². The Morgan fingerprint density at radius 1 is 1.17 bits per heavy atom. The van der Waals surface area contributed by atoms with Crippen LogP contribution >= 0.6 is 11.3 Å². The summed E-state index contributed by atoms with van der Waals surface area (Å²) in [7, 11) is 0. The molecular weight excluding hydrogens is 386 g/mol. The Hall–Kier alpha value is -4.09. The second kappa shape index (κ2) is 7.88. The van der Waals surface area contributed by atoms with Crippen LogP contribution in [0.1, 0.15) is 10.6 Å². The minimum atomic E-state index is -0.443. The number of nitrogens with one attached hydrogen (secondary N) is 1. The van der Waals surface area contributed by atoms with Crippen molar-refractivity contribution in [2.45, 2.75) is 0 Å². The van der Waals surface area contributed by atoms with Crippen molar-refractivity contribution in [3.63, 3.8) is 0 Å². The van der Waals surface area contributed by atoms with Crippen LogP contribution in [-0.2, 0) is 0 Å². The third kappa shape index (κ3) is 3.81. The van der Waals surface area contributed by atoms with Crippen molar-refractivity contribution in [3.8, 4) is 28.6 Å². The van der Waals surface area contributed by atoms with Crippen LogP contribution in [0.4, 0.5) is 5.69 Å². The van der Waals surface area contributed by atoms with Gasteiger partial charge in [0.25, 0.3) is 5.69 Å². The molecule has 2 heterocycles. The Balaban J connectivity index is 1.69. The lowest BCUT2D eigenvalue weighted by atomic mass is 10.1. The predicted molar refractivity (Wildman–Crippen MR) is 112 cm³/mol. The molecule has 0 aliphatic rings. The molecule has 4 aromatic rings. The number of non-ortho nitro benzene ring substituents is 1. The number of rotatable bonds is 5. The summed E-state index contributed by atoms with van der Waals surface area (Å²) >= 11 is 1.31. The Kier molecular flexibility index (Phi) is 4.97. The fourth-order valence-electron chi connectivity index (χ4n) is 2.85. The molecule has 0 aliphatic heterocycles. The first kappa shape index (κ1) is 18.3. The van der Waals surface area contributed by atoms with Gasteiger partial charge in [-0.1, -0.05) is 42.5 Å². The summed E-state index contributed by atoms with van der Waals surface area (Å²) in [6, 6.07) is 18.2. The number of aromatic amines is 1. The second-order valence-electron chi connectivity index (χ2n) is 6.08. The molecule has 29 heavy (non-hydrogen) atoms. The fraction of sp³-hybridized carbons (Fsp3) is 0. The lowest BCUT2D eigenvalue weighted by Gasteiger charge is -2.00. The van der Waals surface area contributed by atoms with E-state index in [0.29, 0.717) is 21.8 Å². The van der Waals surface area contributed by atoms with Gasteiger partial charge in [0.05, 0.1) is 28.1 Å². The molecule has 0 atom stereocenters. The highest BCUT2D eigenvalue weighted by Gasteiger charge is 2.13. The van der Waals surface area contributed by atoms with E-state index in [-0.39, 0.29) is 5.69 Å². The number of hydrogen-bond acceptors (Lipinski definition) is 6. The van der Waals surface area contributed by atoms with E-state index >= 15 is 0 Å². The normalized spacial score (nSPS) is 11.2. The second-order valence-corrected chi connectivity index (χ2v) is 6.94. The number of nitro benzene ring substituents is 1. The lowest BCUT2D eigenvalue weighted by Crippen LogP contribution is -1.88. The first-order valence-electron chi connectivity index (χ1n) is 8.57. The standard InChI is InChI=1S/C21H13N5O2S/c22-11-16(9-17-12-23-25-20(17)14-5-2-1-3-6-14)21-24-19(13-29-21)15-7-4-8-18(10-15)26(27)28/h1-10,12-13H,(H,23,25)/b16-9+. The largest absolute Gasteiger partial charge is 0.277 e. The Morgan fingerprint density at radius 2 is 1.97 bits per heavy atom. The molecule has 0 unspecified atom stereocenters. The summed E-state index contributed by atoms with van der Waals surface area (Å²) in [5.74, 6) is 0. The Bertz CT molecular complexity index is 1250. The van der Waals surface area contributed by atoms with Crippen molar-refractivity contribution < 1.29 is 4.92 Å². The van der Waals surface area contributed by atoms with E-state index in [4.69, 9.17) is 0 Å². The van der Waals surface area contributed by atoms with Gasteiger partial charge >= 0.3 is 0 Å². The molecule has 7 nitrogen and oxygen atoms in total. The SMILES string of the molecule is N#C/C(=C\c1cn[nH]c1-c1ccccc1)c1nc(-c2cccc([N+](=O)[O-])c2)cs1. The van der Waals surface area contributed by atoms with Crippen LogP contribution < -0.4 is 0 Å². The van der Waals surface area contributed by atoms with Crippen LogP contribution in [-0.4, -0.2) is 20.1 Å². The lowest BCUT2D eigenvalue weighted by molar-refractivity contribution is -0.384. The summed E-state index contributed by atoms with van der Waals surface area (Å²) in [6.07, 6.45) is 3.40. The van der Waals surface area contributed by atoms with Gasteiger partial charge in [0.2, 0.25) is 0 Å². The minimum absolute atomic E-state index is 0.000927. The Morgan fingerprint density at radius 3 is 2.72 bits per heavy atom. The molecule has 140 valence electrons. The van der Waals surface area contributed by atoms with Crippen molar-refractivity contribution in [2.75, 3.05) is 0 Å². The maximum absolute atomic E-state index is 11.0. The highest BCUT2D eigenvalue weighted by atomic mass is 32.1. The molecule has 0 amide bonds. The number of nitrogens with zero attached hydrogens (tertiary/aromatic N) is 4. The zero-order valence-electron chi connectivity index (χ0n) is 14.9. The minimum Gasteiger partial charge on any atom is -0.277 e. The zero-order valence-corrected chi connectivity index (χ0v) is 15.8. The summed E-state index contributed by atoms with van der Waals surface area (Å²) in [5.41, 5.74) is 4.17. The van der Waals surface area contributed by atoms with Gasteiger partial charge in [-0.2, -0.15) is 10.4 Å².